The largest absolute Gasteiger partial charge is 0.381 e. The van der Waals surface area contributed by atoms with Crippen molar-refractivity contribution in [3.63, 3.8) is 0 Å². The first-order chi connectivity index (χ1) is 9.22. The summed E-state index contributed by atoms with van der Waals surface area (Å²) in [6, 6.07) is 11.2. The van der Waals surface area contributed by atoms with Crippen molar-refractivity contribution >= 4 is 0 Å². The molecule has 0 aliphatic carbocycles. The molecule has 0 saturated carbocycles. The van der Waals surface area contributed by atoms with Gasteiger partial charge in [0, 0.05) is 31.8 Å². The maximum atomic E-state index is 9.19. The van der Waals surface area contributed by atoms with E-state index in [9.17, 15) is 5.26 Å². The lowest BCUT2D eigenvalue weighted by Gasteiger charge is -2.37. The molecule has 19 heavy (non-hydrogen) atoms. The molecule has 1 aromatic rings. The summed E-state index contributed by atoms with van der Waals surface area (Å²) in [5, 5.41) is 9.19. The Hall–Kier alpha value is -1.37. The molecule has 1 aliphatic heterocycles. The highest BCUT2D eigenvalue weighted by Gasteiger charge is 2.24. The van der Waals surface area contributed by atoms with Crippen molar-refractivity contribution in [3.05, 3.63) is 35.4 Å². The summed E-state index contributed by atoms with van der Waals surface area (Å²) >= 11 is 0. The van der Waals surface area contributed by atoms with Crippen molar-refractivity contribution in [3.8, 4) is 6.07 Å². The Bertz CT molecular complexity index is 444. The van der Waals surface area contributed by atoms with Crippen molar-refractivity contribution in [2.24, 2.45) is 0 Å². The smallest absolute Gasteiger partial charge is 0.0995 e. The van der Waals surface area contributed by atoms with Crippen LogP contribution in [0.4, 0.5) is 0 Å². The fraction of sp³-hybridized carbons (Fsp3) is 0.562. The zero-order valence-corrected chi connectivity index (χ0v) is 11.8. The van der Waals surface area contributed by atoms with Crippen LogP contribution in [0.15, 0.2) is 24.3 Å². The molecule has 2 rings (SSSR count). The van der Waals surface area contributed by atoms with Crippen LogP contribution in [0, 0.1) is 11.3 Å². The van der Waals surface area contributed by atoms with E-state index in [1.165, 1.54) is 0 Å². The van der Waals surface area contributed by atoms with Crippen LogP contribution in [-0.2, 0) is 11.3 Å². The van der Waals surface area contributed by atoms with Gasteiger partial charge in [-0.3, -0.25) is 4.90 Å². The minimum atomic E-state index is 0.481. The number of benzene rings is 1. The number of nitrogens with zero attached hydrogens (tertiary/aromatic N) is 2. The van der Waals surface area contributed by atoms with Crippen LogP contribution < -0.4 is 0 Å². The van der Waals surface area contributed by atoms with Crippen LogP contribution in [0.2, 0.25) is 0 Å². The molecule has 0 radical (unpaired) electrons. The summed E-state index contributed by atoms with van der Waals surface area (Å²) in [6.45, 7) is 7.02. The zero-order chi connectivity index (χ0) is 13.7. The number of ether oxygens (including phenoxy) is 1. The second-order valence-electron chi connectivity index (χ2n) is 5.38. The van der Waals surface area contributed by atoms with Crippen LogP contribution in [0.25, 0.3) is 0 Å². The van der Waals surface area contributed by atoms with Gasteiger partial charge >= 0.3 is 0 Å². The molecule has 1 heterocycles. The van der Waals surface area contributed by atoms with Crippen LogP contribution in [0.3, 0.4) is 0 Å². The lowest BCUT2D eigenvalue weighted by atomic mass is 10.0. The summed E-state index contributed by atoms with van der Waals surface area (Å²) in [5.41, 5.74) is 1.92. The van der Waals surface area contributed by atoms with Crippen molar-refractivity contribution in [2.75, 3.05) is 13.2 Å². The van der Waals surface area contributed by atoms with Gasteiger partial charge < -0.3 is 4.74 Å². The van der Waals surface area contributed by atoms with E-state index in [1.807, 2.05) is 18.2 Å². The Morgan fingerprint density at radius 1 is 1.32 bits per heavy atom. The average molecular weight is 258 g/mol. The van der Waals surface area contributed by atoms with E-state index in [-0.39, 0.29) is 0 Å². The number of rotatable bonds is 4. The van der Waals surface area contributed by atoms with Crippen LogP contribution in [-0.4, -0.2) is 30.2 Å². The first kappa shape index (κ1) is 14.0. The van der Waals surface area contributed by atoms with E-state index in [0.29, 0.717) is 12.1 Å². The van der Waals surface area contributed by atoms with E-state index in [1.54, 1.807) is 0 Å². The topological polar surface area (TPSA) is 36.3 Å². The van der Waals surface area contributed by atoms with Crippen LogP contribution in [0.1, 0.15) is 37.8 Å². The third-order valence-corrected chi connectivity index (χ3v) is 3.81. The highest BCUT2D eigenvalue weighted by molar-refractivity contribution is 5.37. The highest BCUT2D eigenvalue weighted by atomic mass is 16.5. The average Bonchev–Trinajstić information content (AvgIpc) is 2.45. The predicted octanol–water partition coefficient (Wildman–Crippen LogP) is 2.95. The van der Waals surface area contributed by atoms with Crippen molar-refractivity contribution in [2.45, 2.75) is 45.3 Å². The number of nitriles is 1. The summed E-state index contributed by atoms with van der Waals surface area (Å²) in [7, 11) is 0. The van der Waals surface area contributed by atoms with E-state index >= 15 is 0 Å². The first-order valence-electron chi connectivity index (χ1n) is 7.04. The zero-order valence-electron chi connectivity index (χ0n) is 11.8. The van der Waals surface area contributed by atoms with Gasteiger partial charge in [-0.05, 0) is 38.3 Å². The van der Waals surface area contributed by atoms with Crippen molar-refractivity contribution < 1.29 is 4.74 Å². The molecular weight excluding hydrogens is 236 g/mol. The normalized spacial score (nSPS) is 16.8. The molecule has 0 bridgehead atoms. The second-order valence-corrected chi connectivity index (χ2v) is 5.38. The Kier molecular flexibility index (Phi) is 4.95. The first-order valence-corrected chi connectivity index (χ1v) is 7.04. The fourth-order valence-corrected chi connectivity index (χ4v) is 2.71. The molecule has 0 aromatic heterocycles. The van der Waals surface area contributed by atoms with Gasteiger partial charge in [0.05, 0.1) is 11.6 Å². The molecule has 0 spiro atoms. The quantitative estimate of drug-likeness (QED) is 0.833. The molecule has 3 nitrogen and oxygen atoms in total. The summed E-state index contributed by atoms with van der Waals surface area (Å²) in [6.07, 6.45) is 2.18. The number of hydrogen-bond acceptors (Lipinski definition) is 3. The van der Waals surface area contributed by atoms with Gasteiger partial charge in [-0.25, -0.2) is 0 Å². The monoisotopic (exact) mass is 258 g/mol. The standard InChI is InChI=1S/C16H22N2O/c1-13(2)18(16-7-9-19-10-8-16)12-15-6-4-3-5-14(15)11-17/h3-6,13,16H,7-10,12H2,1-2H3. The minimum absolute atomic E-state index is 0.481. The highest BCUT2D eigenvalue weighted by Crippen LogP contribution is 2.21. The van der Waals surface area contributed by atoms with E-state index in [4.69, 9.17) is 4.74 Å². The Morgan fingerprint density at radius 2 is 2.00 bits per heavy atom. The maximum absolute atomic E-state index is 9.19. The van der Waals surface area contributed by atoms with Gasteiger partial charge in [0.1, 0.15) is 0 Å². The van der Waals surface area contributed by atoms with Crippen molar-refractivity contribution in [1.82, 2.24) is 4.90 Å². The summed E-state index contributed by atoms with van der Waals surface area (Å²) in [4.78, 5) is 2.50. The van der Waals surface area contributed by atoms with E-state index < -0.39 is 0 Å². The van der Waals surface area contributed by atoms with Gasteiger partial charge in [-0.15, -0.1) is 0 Å². The van der Waals surface area contributed by atoms with Gasteiger partial charge in [0.15, 0.2) is 0 Å². The molecule has 0 N–H and O–H groups in total. The van der Waals surface area contributed by atoms with Gasteiger partial charge in [0.25, 0.3) is 0 Å². The fourth-order valence-electron chi connectivity index (χ4n) is 2.71. The van der Waals surface area contributed by atoms with Gasteiger partial charge in [-0.1, -0.05) is 18.2 Å². The minimum Gasteiger partial charge on any atom is -0.381 e. The van der Waals surface area contributed by atoms with Gasteiger partial charge in [-0.2, -0.15) is 5.26 Å². The van der Waals surface area contributed by atoms with Crippen LogP contribution >= 0.6 is 0 Å². The molecule has 1 aromatic carbocycles. The molecular formula is C16H22N2O. The Balaban J connectivity index is 2.14. The van der Waals surface area contributed by atoms with Crippen molar-refractivity contribution in [1.29, 1.82) is 5.26 Å². The van der Waals surface area contributed by atoms with Gasteiger partial charge in [0.2, 0.25) is 0 Å². The molecule has 0 atom stereocenters. The van der Waals surface area contributed by atoms with E-state index in [0.717, 1.165) is 43.7 Å². The molecule has 0 unspecified atom stereocenters. The molecule has 1 saturated heterocycles. The lowest BCUT2D eigenvalue weighted by molar-refractivity contribution is 0.0188. The predicted molar refractivity (Wildman–Crippen MR) is 75.7 cm³/mol. The summed E-state index contributed by atoms with van der Waals surface area (Å²) < 4.78 is 5.45. The molecule has 0 amide bonds. The summed E-state index contributed by atoms with van der Waals surface area (Å²) in [5.74, 6) is 0. The third kappa shape index (κ3) is 3.56. The Labute approximate surface area is 115 Å². The molecule has 1 aliphatic rings. The molecule has 1 fully saturated rings. The number of hydrogen-bond donors (Lipinski definition) is 0. The molecule has 102 valence electrons. The maximum Gasteiger partial charge on any atom is 0.0995 e. The SMILES string of the molecule is CC(C)N(Cc1ccccc1C#N)C1CCOCC1. The molecule has 3 heteroatoms. The second kappa shape index (κ2) is 6.70. The lowest BCUT2D eigenvalue weighted by Crippen LogP contribution is -2.43. The Morgan fingerprint density at radius 3 is 2.63 bits per heavy atom. The third-order valence-electron chi connectivity index (χ3n) is 3.81. The van der Waals surface area contributed by atoms with Crippen LogP contribution in [0.5, 0.6) is 0 Å². The van der Waals surface area contributed by atoms with E-state index in [2.05, 4.69) is 30.9 Å².